The van der Waals surface area contributed by atoms with Crippen LogP contribution < -0.4 is 0 Å². The molecule has 4 rings (SSSR count). The van der Waals surface area contributed by atoms with Crippen molar-refractivity contribution in [3.63, 3.8) is 0 Å². The zero-order chi connectivity index (χ0) is 23.6. The first kappa shape index (κ1) is 25.8. The quantitative estimate of drug-likeness (QED) is 0.179. The van der Waals surface area contributed by atoms with Crippen molar-refractivity contribution in [2.45, 2.75) is 107 Å². The summed E-state index contributed by atoms with van der Waals surface area (Å²) in [5.74, 6) is 2.23. The van der Waals surface area contributed by atoms with E-state index < -0.39 is 21.1 Å². The van der Waals surface area contributed by atoms with Crippen molar-refractivity contribution in [1.82, 2.24) is 0 Å². The largest absolute Gasteiger partial charge is 0.327 e. The molecule has 1 aromatic rings. The Balaban J connectivity index is 1.25. The third-order valence-corrected chi connectivity index (χ3v) is 9.87. The standard InChI is InChI=1S/C28H39F4I/c1-2-3-18-4-6-19(7-5-18)20-8-10-21(11-9-20)22-12-14-23(15-13-22)24-16-25(29)27(26(30)17-24)28(31,32)33/h16-23H,2-15H2,1H3. The molecular formula is C28H39F4I. The van der Waals surface area contributed by atoms with Gasteiger partial charge < -0.3 is 0 Å². The van der Waals surface area contributed by atoms with Gasteiger partial charge in [-0.1, -0.05) is 32.6 Å². The van der Waals surface area contributed by atoms with Gasteiger partial charge in [0, 0.05) is 22.6 Å². The predicted molar refractivity (Wildman–Crippen MR) is 135 cm³/mol. The first-order valence-electron chi connectivity index (χ1n) is 13.3. The zero-order valence-electron chi connectivity index (χ0n) is 19.9. The van der Waals surface area contributed by atoms with Crippen molar-refractivity contribution in [3.8, 4) is 0 Å². The molecule has 0 unspecified atom stereocenters. The number of hydrogen-bond acceptors (Lipinski definition) is 0. The highest BCUT2D eigenvalue weighted by molar-refractivity contribution is 14.1. The number of halogens is 5. The lowest BCUT2D eigenvalue weighted by Crippen LogP contribution is -2.29. The van der Waals surface area contributed by atoms with Gasteiger partial charge in [0.25, 0.3) is 0 Å². The molecule has 0 atom stereocenters. The average Bonchev–Trinajstić information content (AvgIpc) is 2.79. The Bertz CT molecular complexity index is 742. The van der Waals surface area contributed by atoms with Crippen molar-refractivity contribution in [3.05, 3.63) is 34.9 Å². The first-order chi connectivity index (χ1) is 15.8. The van der Waals surface area contributed by atoms with Gasteiger partial charge in [0.15, 0.2) is 0 Å². The fourth-order valence-electron chi connectivity index (χ4n) is 7.47. The number of alkyl halides is 3. The summed E-state index contributed by atoms with van der Waals surface area (Å²) >= 11 is 0.793. The SMILES string of the molecule is CCCC1CCC(C2CCC(C3CCC(c4cc(F)c(C(F)(F)I)c(F)c4)CC3)CC2)CC1. The molecule has 0 radical (unpaired) electrons. The van der Waals surface area contributed by atoms with Crippen molar-refractivity contribution >= 4 is 22.6 Å². The van der Waals surface area contributed by atoms with E-state index in [2.05, 4.69) is 6.92 Å². The van der Waals surface area contributed by atoms with E-state index in [1.165, 1.54) is 64.2 Å². The Morgan fingerprint density at radius 2 is 1.12 bits per heavy atom. The minimum Gasteiger partial charge on any atom is -0.206 e. The van der Waals surface area contributed by atoms with Gasteiger partial charge in [-0.25, -0.2) is 8.78 Å². The molecule has 0 aromatic heterocycles. The highest BCUT2D eigenvalue weighted by Gasteiger charge is 2.37. The van der Waals surface area contributed by atoms with E-state index in [1.807, 2.05) is 0 Å². The van der Waals surface area contributed by atoms with E-state index in [0.29, 0.717) is 5.56 Å². The van der Waals surface area contributed by atoms with Gasteiger partial charge in [0.05, 0.1) is 0 Å². The Morgan fingerprint density at radius 3 is 1.52 bits per heavy atom. The normalized spacial score (nSPS) is 33.8. The molecule has 3 saturated carbocycles. The lowest BCUT2D eigenvalue weighted by atomic mass is 9.64. The molecule has 186 valence electrons. The molecule has 0 bridgehead atoms. The van der Waals surface area contributed by atoms with Crippen LogP contribution in [0, 0.1) is 41.2 Å². The van der Waals surface area contributed by atoms with Gasteiger partial charge in [-0.05, 0) is 117 Å². The molecule has 0 saturated heterocycles. The second kappa shape index (κ2) is 11.2. The maximum atomic E-state index is 14.3. The van der Waals surface area contributed by atoms with Gasteiger partial charge in [-0.2, -0.15) is 8.78 Å². The lowest BCUT2D eigenvalue weighted by Gasteiger charge is -2.41. The summed E-state index contributed by atoms with van der Waals surface area (Å²) in [6.07, 6.45) is 18.0. The minimum absolute atomic E-state index is 0.0804. The Morgan fingerprint density at radius 1 is 0.727 bits per heavy atom. The summed E-state index contributed by atoms with van der Waals surface area (Å²) in [4.78, 5) is 0. The topological polar surface area (TPSA) is 0 Å². The molecule has 3 fully saturated rings. The Kier molecular flexibility index (Phi) is 8.71. The maximum Gasteiger partial charge on any atom is 0.327 e. The van der Waals surface area contributed by atoms with Gasteiger partial charge in [-0.3, -0.25) is 0 Å². The van der Waals surface area contributed by atoms with E-state index in [9.17, 15) is 17.6 Å². The third-order valence-electron chi connectivity index (χ3n) is 9.33. The van der Waals surface area contributed by atoms with Crippen molar-refractivity contribution in [2.24, 2.45) is 29.6 Å². The highest BCUT2D eigenvalue weighted by Crippen LogP contribution is 2.48. The summed E-state index contributed by atoms with van der Waals surface area (Å²) in [5, 5.41) is 0. The van der Waals surface area contributed by atoms with Gasteiger partial charge >= 0.3 is 3.93 Å². The molecule has 0 aliphatic heterocycles. The maximum absolute atomic E-state index is 14.3. The molecule has 33 heavy (non-hydrogen) atoms. The summed E-state index contributed by atoms with van der Waals surface area (Å²) in [7, 11) is 0. The van der Waals surface area contributed by atoms with Crippen LogP contribution in [0.1, 0.15) is 114 Å². The molecule has 0 N–H and O–H groups in total. The van der Waals surface area contributed by atoms with E-state index in [0.717, 1.165) is 90.0 Å². The van der Waals surface area contributed by atoms with Gasteiger partial charge in [-0.15, -0.1) is 0 Å². The van der Waals surface area contributed by atoms with Gasteiger partial charge in [0.1, 0.15) is 17.2 Å². The first-order valence-corrected chi connectivity index (χ1v) is 14.4. The van der Waals surface area contributed by atoms with Crippen LogP contribution in [0.15, 0.2) is 12.1 Å². The Hall–Kier alpha value is -0.330. The van der Waals surface area contributed by atoms with Crippen molar-refractivity contribution in [2.75, 3.05) is 0 Å². The van der Waals surface area contributed by atoms with Crippen LogP contribution in [0.2, 0.25) is 0 Å². The second-order valence-corrected chi connectivity index (χ2v) is 12.6. The zero-order valence-corrected chi connectivity index (χ0v) is 22.1. The van der Waals surface area contributed by atoms with Crippen LogP contribution in [0.3, 0.4) is 0 Å². The molecule has 0 nitrogen and oxygen atoms in total. The van der Waals surface area contributed by atoms with E-state index >= 15 is 0 Å². The Labute approximate surface area is 210 Å². The van der Waals surface area contributed by atoms with E-state index in [1.54, 1.807) is 0 Å². The number of rotatable bonds is 6. The highest BCUT2D eigenvalue weighted by atomic mass is 127. The molecular weight excluding hydrogens is 539 g/mol. The molecule has 0 spiro atoms. The van der Waals surface area contributed by atoms with Crippen LogP contribution in [0.5, 0.6) is 0 Å². The molecule has 5 heteroatoms. The van der Waals surface area contributed by atoms with E-state index in [-0.39, 0.29) is 5.92 Å². The summed E-state index contributed by atoms with van der Waals surface area (Å²) in [6, 6.07) is 2.30. The molecule has 0 amide bonds. The molecule has 3 aliphatic carbocycles. The van der Waals surface area contributed by atoms with Crippen LogP contribution >= 0.6 is 22.6 Å². The molecule has 3 aliphatic rings. The van der Waals surface area contributed by atoms with Crippen molar-refractivity contribution in [1.29, 1.82) is 0 Å². The smallest absolute Gasteiger partial charge is 0.206 e. The van der Waals surface area contributed by atoms with Crippen LogP contribution in [-0.4, -0.2) is 0 Å². The monoisotopic (exact) mass is 578 g/mol. The predicted octanol–water partition coefficient (Wildman–Crippen LogP) is 10.1. The number of benzene rings is 1. The molecule has 0 heterocycles. The summed E-state index contributed by atoms with van der Waals surface area (Å²) in [5.41, 5.74) is -0.564. The summed E-state index contributed by atoms with van der Waals surface area (Å²) < 4.78 is 52.0. The fraction of sp³-hybridized carbons (Fsp3) is 0.786. The van der Waals surface area contributed by atoms with Gasteiger partial charge in [0.2, 0.25) is 0 Å². The lowest BCUT2D eigenvalue weighted by molar-refractivity contribution is 0.108. The fourth-order valence-corrected chi connectivity index (χ4v) is 7.98. The second-order valence-electron chi connectivity index (χ2n) is 11.2. The molecule has 1 aromatic carbocycles. The van der Waals surface area contributed by atoms with E-state index in [4.69, 9.17) is 0 Å². The third kappa shape index (κ3) is 6.27. The van der Waals surface area contributed by atoms with Crippen molar-refractivity contribution < 1.29 is 17.6 Å². The average molecular weight is 579 g/mol. The van der Waals surface area contributed by atoms with Crippen LogP contribution in [-0.2, 0) is 3.93 Å². The van der Waals surface area contributed by atoms with Crippen LogP contribution in [0.25, 0.3) is 0 Å². The minimum atomic E-state index is -3.53. The van der Waals surface area contributed by atoms with Crippen LogP contribution in [0.4, 0.5) is 17.6 Å². The summed E-state index contributed by atoms with van der Waals surface area (Å²) in [6.45, 7) is 2.31. The number of hydrogen-bond donors (Lipinski definition) is 0.